The van der Waals surface area contributed by atoms with E-state index in [2.05, 4.69) is 98.9 Å². The number of ether oxygens (including phenoxy) is 2. The van der Waals surface area contributed by atoms with Crippen LogP contribution in [0.25, 0.3) is 0 Å². The molecule has 434 valence electrons. The zero-order valence-corrected chi connectivity index (χ0v) is 50.2. The Morgan fingerprint density at radius 2 is 0.760 bits per heavy atom. The van der Waals surface area contributed by atoms with Crippen LogP contribution in [0.5, 0.6) is 0 Å². The van der Waals surface area contributed by atoms with Crippen molar-refractivity contribution >= 4 is 19.8 Å². The van der Waals surface area contributed by atoms with Crippen molar-refractivity contribution in [2.24, 2.45) is 0 Å². The van der Waals surface area contributed by atoms with Gasteiger partial charge in [0.05, 0.1) is 27.7 Å². The summed E-state index contributed by atoms with van der Waals surface area (Å²) in [6.45, 7) is 4.33. The SMILES string of the molecule is CC/C=C\C/C=C\C/C=C\C/C=C\C/C=C\C/C=C\C/C=C\CCCCCCCCCC(=O)OC(COC(=O)CCCCCCCCCCCCCCCCCCCCCCCC)COP(=O)(O)OCC[N+](C)(C)C. The molecule has 0 amide bonds. The molecule has 0 radical (unpaired) electrons. The van der Waals surface area contributed by atoms with Gasteiger partial charge in [0.2, 0.25) is 0 Å². The van der Waals surface area contributed by atoms with Crippen LogP contribution in [0.3, 0.4) is 0 Å². The van der Waals surface area contributed by atoms with Crippen LogP contribution < -0.4 is 0 Å². The van der Waals surface area contributed by atoms with E-state index in [1.807, 2.05) is 21.1 Å². The van der Waals surface area contributed by atoms with Crippen LogP contribution in [0.15, 0.2) is 85.1 Å². The minimum atomic E-state index is -4.39. The Morgan fingerprint density at radius 3 is 1.13 bits per heavy atom. The Balaban J connectivity index is 4.18. The molecular weight excluding hydrogens is 954 g/mol. The van der Waals surface area contributed by atoms with Crippen molar-refractivity contribution in [2.45, 2.75) is 270 Å². The average Bonchev–Trinajstić information content (AvgIpc) is 3.37. The van der Waals surface area contributed by atoms with Gasteiger partial charge in [-0.25, -0.2) is 4.57 Å². The van der Waals surface area contributed by atoms with Crippen molar-refractivity contribution in [1.29, 1.82) is 0 Å². The van der Waals surface area contributed by atoms with Crippen LogP contribution in [0, 0.1) is 0 Å². The summed E-state index contributed by atoms with van der Waals surface area (Å²) in [4.78, 5) is 35.8. The van der Waals surface area contributed by atoms with Gasteiger partial charge in [0.15, 0.2) is 6.10 Å². The average molecular weight is 1070 g/mol. The normalized spacial score (nSPS) is 13.8. The lowest BCUT2D eigenvalue weighted by Crippen LogP contribution is -2.37. The van der Waals surface area contributed by atoms with Gasteiger partial charge in [0.25, 0.3) is 0 Å². The highest BCUT2D eigenvalue weighted by molar-refractivity contribution is 7.47. The highest BCUT2D eigenvalue weighted by Crippen LogP contribution is 2.43. The number of unbranched alkanes of at least 4 members (excludes halogenated alkanes) is 28. The molecule has 9 nitrogen and oxygen atoms in total. The van der Waals surface area contributed by atoms with Gasteiger partial charge in [0, 0.05) is 12.8 Å². The summed E-state index contributed by atoms with van der Waals surface area (Å²) in [5.41, 5.74) is 0. The van der Waals surface area contributed by atoms with Crippen LogP contribution in [0.1, 0.15) is 264 Å². The molecule has 0 fully saturated rings. The summed E-state index contributed by atoms with van der Waals surface area (Å²) in [7, 11) is 1.47. The summed E-state index contributed by atoms with van der Waals surface area (Å²) < 4.78 is 34.6. The fourth-order valence-electron chi connectivity index (χ4n) is 8.47. The lowest BCUT2D eigenvalue weighted by molar-refractivity contribution is -0.870. The Morgan fingerprint density at radius 1 is 0.427 bits per heavy atom. The predicted octanol–water partition coefficient (Wildman–Crippen LogP) is 19.4. The smallest absolute Gasteiger partial charge is 0.462 e. The summed E-state index contributed by atoms with van der Waals surface area (Å²) in [5, 5.41) is 0. The van der Waals surface area contributed by atoms with Gasteiger partial charge in [-0.2, -0.15) is 0 Å². The number of phosphoric acid groups is 1. The van der Waals surface area contributed by atoms with Crippen LogP contribution >= 0.6 is 7.82 Å². The first-order valence-electron chi connectivity index (χ1n) is 30.8. The van der Waals surface area contributed by atoms with Crippen molar-refractivity contribution < 1.29 is 42.1 Å². The van der Waals surface area contributed by atoms with Gasteiger partial charge in [-0.1, -0.05) is 266 Å². The van der Waals surface area contributed by atoms with Crippen LogP contribution in [-0.4, -0.2) is 74.9 Å². The third kappa shape index (κ3) is 60.3. The first-order chi connectivity index (χ1) is 36.5. The summed E-state index contributed by atoms with van der Waals surface area (Å²) in [5.74, 6) is -0.804. The number of carbonyl (C=O) groups excluding carboxylic acids is 2. The molecule has 0 heterocycles. The van der Waals surface area contributed by atoms with Crippen molar-refractivity contribution in [3.8, 4) is 0 Å². The number of hydrogen-bond acceptors (Lipinski definition) is 7. The van der Waals surface area contributed by atoms with Gasteiger partial charge < -0.3 is 18.9 Å². The molecule has 0 aromatic heterocycles. The second-order valence-electron chi connectivity index (χ2n) is 21.7. The minimum Gasteiger partial charge on any atom is -0.462 e. The molecule has 0 aliphatic rings. The van der Waals surface area contributed by atoms with Crippen molar-refractivity contribution in [2.75, 3.05) is 47.5 Å². The first-order valence-corrected chi connectivity index (χ1v) is 32.3. The second kappa shape index (κ2) is 55.9. The molecule has 2 atom stereocenters. The molecule has 0 spiro atoms. The lowest BCUT2D eigenvalue weighted by atomic mass is 10.0. The molecule has 0 aliphatic carbocycles. The molecule has 0 saturated carbocycles. The number of esters is 2. The lowest BCUT2D eigenvalue weighted by Gasteiger charge is -2.24. The van der Waals surface area contributed by atoms with E-state index in [-0.39, 0.29) is 32.0 Å². The van der Waals surface area contributed by atoms with E-state index in [9.17, 15) is 19.0 Å². The van der Waals surface area contributed by atoms with E-state index in [0.29, 0.717) is 17.4 Å². The molecule has 0 saturated heterocycles. The monoisotopic (exact) mass is 1070 g/mol. The summed E-state index contributed by atoms with van der Waals surface area (Å²) in [6, 6.07) is 0. The summed E-state index contributed by atoms with van der Waals surface area (Å²) in [6.07, 6.45) is 75.1. The molecule has 0 bridgehead atoms. The quantitative estimate of drug-likeness (QED) is 0.0211. The van der Waals surface area contributed by atoms with Gasteiger partial charge in [-0.05, 0) is 70.6 Å². The van der Waals surface area contributed by atoms with Gasteiger partial charge >= 0.3 is 19.8 Å². The number of carbonyl (C=O) groups is 2. The largest absolute Gasteiger partial charge is 0.472 e. The zero-order chi connectivity index (χ0) is 54.9. The molecule has 0 rings (SSSR count). The topological polar surface area (TPSA) is 108 Å². The Hall–Kier alpha value is -2.81. The maximum Gasteiger partial charge on any atom is 0.472 e. The maximum atomic E-state index is 12.8. The van der Waals surface area contributed by atoms with E-state index in [0.717, 1.165) is 89.9 Å². The van der Waals surface area contributed by atoms with Crippen molar-refractivity contribution in [3.05, 3.63) is 85.1 Å². The molecular formula is C65H117NO8P+. The Labute approximate surface area is 462 Å². The van der Waals surface area contributed by atoms with Gasteiger partial charge in [0.1, 0.15) is 19.8 Å². The first kappa shape index (κ1) is 72.2. The Kier molecular flexibility index (Phi) is 53.8. The summed E-state index contributed by atoms with van der Waals surface area (Å²) >= 11 is 0. The van der Waals surface area contributed by atoms with E-state index < -0.39 is 26.5 Å². The van der Waals surface area contributed by atoms with Crippen LogP contribution in [0.4, 0.5) is 0 Å². The number of allylic oxidation sites excluding steroid dienone is 14. The molecule has 0 aliphatic heterocycles. The zero-order valence-electron chi connectivity index (χ0n) is 49.3. The number of nitrogens with zero attached hydrogens (tertiary/aromatic N) is 1. The van der Waals surface area contributed by atoms with Crippen LogP contribution in [0.2, 0.25) is 0 Å². The fraction of sp³-hybridized carbons (Fsp3) is 0.754. The number of likely N-dealkylation sites (N-methyl/N-ethyl adjacent to an activating group) is 1. The van der Waals surface area contributed by atoms with Crippen molar-refractivity contribution in [1.82, 2.24) is 0 Å². The Bertz CT molecular complexity index is 1540. The maximum absolute atomic E-state index is 12.8. The third-order valence-corrected chi connectivity index (χ3v) is 14.2. The molecule has 75 heavy (non-hydrogen) atoms. The van der Waals surface area contributed by atoms with Gasteiger partial charge in [-0.3, -0.25) is 18.6 Å². The standard InChI is InChI=1S/C65H116NO8P/c1-6-8-10-12-14-16-18-20-22-24-26-28-30-31-32-33-34-35-36-38-40-42-44-46-48-50-52-54-56-58-65(68)74-63(62-73-75(69,70)72-60-59-66(3,4)5)61-71-64(67)57-55-53-51-49-47-45-43-41-39-37-29-27-25-23-21-19-17-15-13-11-9-7-2/h8,10,14,16,20,22,26,28,31-32,34-35,38,40,63H,6-7,9,11-13,15,17-19,21,23-25,27,29-30,33,36-37,39,41-62H2,1-5H3/p+1/b10-8-,16-14-,22-20-,28-26-,32-31-,35-34-,40-38-. The van der Waals surface area contributed by atoms with Gasteiger partial charge in [-0.15, -0.1) is 0 Å². The number of phosphoric ester groups is 1. The number of rotatable bonds is 56. The van der Waals surface area contributed by atoms with Crippen LogP contribution in [-0.2, 0) is 32.7 Å². The van der Waals surface area contributed by atoms with E-state index in [4.69, 9.17) is 18.5 Å². The van der Waals surface area contributed by atoms with Crippen molar-refractivity contribution in [3.63, 3.8) is 0 Å². The minimum absolute atomic E-state index is 0.0268. The predicted molar refractivity (Wildman–Crippen MR) is 321 cm³/mol. The van der Waals surface area contributed by atoms with E-state index >= 15 is 0 Å². The highest BCUT2D eigenvalue weighted by Gasteiger charge is 2.27. The molecule has 0 aromatic carbocycles. The molecule has 10 heteroatoms. The van der Waals surface area contributed by atoms with E-state index in [1.165, 1.54) is 141 Å². The molecule has 1 N–H and O–H groups in total. The highest BCUT2D eigenvalue weighted by atomic mass is 31.2. The van der Waals surface area contributed by atoms with E-state index in [1.54, 1.807) is 0 Å². The molecule has 0 aromatic rings. The second-order valence-corrected chi connectivity index (χ2v) is 23.2. The third-order valence-electron chi connectivity index (χ3n) is 13.2. The molecule has 2 unspecified atom stereocenters. The fourth-order valence-corrected chi connectivity index (χ4v) is 9.21. The number of quaternary nitrogens is 1. The number of hydrogen-bond donors (Lipinski definition) is 1.